The second-order valence-corrected chi connectivity index (χ2v) is 6.89. The highest BCUT2D eigenvalue weighted by Gasteiger charge is 2.48. The van der Waals surface area contributed by atoms with Crippen molar-refractivity contribution in [2.45, 2.75) is 39.0 Å². The fourth-order valence-electron chi connectivity index (χ4n) is 3.67. The topological polar surface area (TPSA) is 55.6 Å². The molecule has 0 amide bonds. The molecule has 0 bridgehead atoms. The van der Waals surface area contributed by atoms with Gasteiger partial charge < -0.3 is 9.64 Å². The summed E-state index contributed by atoms with van der Waals surface area (Å²) < 4.78 is 6.23. The average Bonchev–Trinajstić information content (AvgIpc) is 2.72. The van der Waals surface area contributed by atoms with Gasteiger partial charge in [-0.05, 0) is 24.6 Å². The van der Waals surface area contributed by atoms with Gasteiger partial charge in [0.25, 0.3) is 5.69 Å². The maximum Gasteiger partial charge on any atom is 0.270 e. The van der Waals surface area contributed by atoms with Crippen LogP contribution in [0.2, 0.25) is 0 Å². The second-order valence-electron chi connectivity index (χ2n) is 6.89. The highest BCUT2D eigenvalue weighted by molar-refractivity contribution is 5.66. The molecule has 0 aromatic heterocycles. The molecule has 0 saturated heterocycles. The lowest BCUT2D eigenvalue weighted by atomic mass is 9.84. The number of nitrogens with zero attached hydrogens (tertiary/aromatic N) is 2. The lowest BCUT2D eigenvalue weighted by Crippen LogP contribution is -2.48. The Hall–Kier alpha value is -2.56. The van der Waals surface area contributed by atoms with Crippen LogP contribution in [-0.2, 0) is 12.0 Å². The summed E-state index contributed by atoms with van der Waals surface area (Å²) in [7, 11) is 0. The van der Waals surface area contributed by atoms with E-state index in [-0.39, 0.29) is 22.3 Å². The maximum atomic E-state index is 11.0. The Morgan fingerprint density at radius 1 is 1.26 bits per heavy atom. The molecule has 23 heavy (non-hydrogen) atoms. The predicted molar refractivity (Wildman–Crippen MR) is 87.9 cm³/mol. The van der Waals surface area contributed by atoms with Crippen molar-refractivity contribution in [2.75, 3.05) is 4.90 Å². The van der Waals surface area contributed by atoms with Gasteiger partial charge in [0.15, 0.2) is 6.23 Å². The van der Waals surface area contributed by atoms with Crippen LogP contribution >= 0.6 is 0 Å². The van der Waals surface area contributed by atoms with Gasteiger partial charge in [-0.1, -0.05) is 31.5 Å². The van der Waals surface area contributed by atoms with Gasteiger partial charge >= 0.3 is 0 Å². The molecule has 0 aliphatic carbocycles. The van der Waals surface area contributed by atoms with Crippen molar-refractivity contribution >= 4 is 11.4 Å². The summed E-state index contributed by atoms with van der Waals surface area (Å²) in [6.07, 6.45) is -0.0896. The van der Waals surface area contributed by atoms with Gasteiger partial charge in [0, 0.05) is 28.8 Å². The third-order valence-corrected chi connectivity index (χ3v) is 4.89. The van der Waals surface area contributed by atoms with E-state index < -0.39 is 0 Å². The molecule has 2 aromatic carbocycles. The summed E-state index contributed by atoms with van der Waals surface area (Å²) in [5.41, 5.74) is 4.48. The van der Waals surface area contributed by atoms with Crippen LogP contribution in [0.4, 0.5) is 11.4 Å². The number of rotatable bonds is 1. The SMILES string of the molecule is Cc1ccc2c(c1)C(C)(C)C1Oc3ccc([N+](=O)[O-])cc3CN21. The van der Waals surface area contributed by atoms with Crippen LogP contribution in [-0.4, -0.2) is 11.2 Å². The number of anilines is 1. The van der Waals surface area contributed by atoms with Crippen LogP contribution in [0.3, 0.4) is 0 Å². The molecule has 118 valence electrons. The summed E-state index contributed by atoms with van der Waals surface area (Å²) in [6.45, 7) is 7.09. The maximum absolute atomic E-state index is 11.0. The van der Waals surface area contributed by atoms with E-state index in [2.05, 4.69) is 43.9 Å². The molecule has 5 heteroatoms. The van der Waals surface area contributed by atoms with Crippen LogP contribution in [0.5, 0.6) is 5.75 Å². The number of aryl methyl sites for hydroxylation is 1. The zero-order valence-electron chi connectivity index (χ0n) is 13.4. The van der Waals surface area contributed by atoms with Crippen LogP contribution in [0.15, 0.2) is 36.4 Å². The van der Waals surface area contributed by atoms with E-state index in [0.29, 0.717) is 6.54 Å². The molecule has 0 spiro atoms. The molecule has 2 aliphatic heterocycles. The summed E-state index contributed by atoms with van der Waals surface area (Å²) in [4.78, 5) is 12.9. The van der Waals surface area contributed by atoms with E-state index in [1.807, 2.05) is 0 Å². The Labute approximate surface area is 134 Å². The number of ether oxygens (including phenoxy) is 1. The van der Waals surface area contributed by atoms with Crippen LogP contribution in [0, 0.1) is 17.0 Å². The molecular weight excluding hydrogens is 292 g/mol. The summed E-state index contributed by atoms with van der Waals surface area (Å²) >= 11 is 0. The van der Waals surface area contributed by atoms with Crippen LogP contribution in [0.1, 0.15) is 30.5 Å². The largest absolute Gasteiger partial charge is 0.469 e. The molecule has 0 fully saturated rings. The van der Waals surface area contributed by atoms with Crippen molar-refractivity contribution in [3.05, 3.63) is 63.2 Å². The lowest BCUT2D eigenvalue weighted by molar-refractivity contribution is -0.385. The Balaban J connectivity index is 1.82. The quantitative estimate of drug-likeness (QED) is 0.592. The van der Waals surface area contributed by atoms with Crippen molar-refractivity contribution in [2.24, 2.45) is 0 Å². The first-order valence-electron chi connectivity index (χ1n) is 7.69. The van der Waals surface area contributed by atoms with Gasteiger partial charge in [0.05, 0.1) is 11.5 Å². The average molecular weight is 310 g/mol. The van der Waals surface area contributed by atoms with Gasteiger partial charge in [-0.15, -0.1) is 0 Å². The van der Waals surface area contributed by atoms with Crippen molar-refractivity contribution in [1.29, 1.82) is 0 Å². The second kappa shape index (κ2) is 4.47. The van der Waals surface area contributed by atoms with Crippen LogP contribution < -0.4 is 9.64 Å². The highest BCUT2D eigenvalue weighted by Crippen LogP contribution is 2.49. The van der Waals surface area contributed by atoms with E-state index in [9.17, 15) is 10.1 Å². The fraction of sp³-hybridized carbons (Fsp3) is 0.333. The minimum absolute atomic E-state index is 0.0896. The Bertz CT molecular complexity index is 829. The van der Waals surface area contributed by atoms with Crippen molar-refractivity contribution in [3.8, 4) is 5.75 Å². The third kappa shape index (κ3) is 1.92. The first-order valence-corrected chi connectivity index (χ1v) is 7.69. The molecule has 2 aliphatic rings. The molecule has 1 atom stereocenters. The molecule has 5 nitrogen and oxygen atoms in total. The van der Waals surface area contributed by atoms with Gasteiger partial charge in [0.1, 0.15) is 5.75 Å². The number of hydrogen-bond donors (Lipinski definition) is 0. The number of non-ortho nitro benzene ring substituents is 1. The molecular formula is C18H18N2O3. The van der Waals surface area contributed by atoms with Gasteiger partial charge in [0.2, 0.25) is 0 Å². The number of nitro groups is 1. The minimum atomic E-state index is -0.363. The van der Waals surface area contributed by atoms with Crippen LogP contribution in [0.25, 0.3) is 0 Å². The van der Waals surface area contributed by atoms with Crippen molar-refractivity contribution < 1.29 is 9.66 Å². The predicted octanol–water partition coefficient (Wildman–Crippen LogP) is 3.92. The highest BCUT2D eigenvalue weighted by atomic mass is 16.6. The molecule has 2 aromatic rings. The van der Waals surface area contributed by atoms with E-state index in [1.165, 1.54) is 17.2 Å². The number of nitro benzene ring substituents is 1. The zero-order chi connectivity index (χ0) is 16.4. The first-order chi connectivity index (χ1) is 10.9. The summed E-state index contributed by atoms with van der Waals surface area (Å²) in [6, 6.07) is 11.3. The molecule has 0 saturated carbocycles. The van der Waals surface area contributed by atoms with E-state index >= 15 is 0 Å². The summed E-state index contributed by atoms with van der Waals surface area (Å²) in [5, 5.41) is 11.0. The molecule has 2 heterocycles. The molecule has 0 N–H and O–H groups in total. The zero-order valence-corrected chi connectivity index (χ0v) is 13.4. The molecule has 0 radical (unpaired) electrons. The number of benzene rings is 2. The smallest absolute Gasteiger partial charge is 0.270 e. The van der Waals surface area contributed by atoms with Gasteiger partial charge in [-0.25, -0.2) is 0 Å². The normalized spacial score (nSPS) is 20.3. The standard InChI is InChI=1S/C18H18N2O3/c1-11-4-6-15-14(8-11)18(2,3)17-19(15)10-12-9-13(20(21)22)5-7-16(12)23-17/h4-9,17H,10H2,1-3H3. The Morgan fingerprint density at radius 3 is 2.78 bits per heavy atom. The van der Waals surface area contributed by atoms with Crippen molar-refractivity contribution in [1.82, 2.24) is 0 Å². The first kappa shape index (κ1) is 14.1. The monoisotopic (exact) mass is 310 g/mol. The molecule has 4 rings (SSSR count). The summed E-state index contributed by atoms with van der Waals surface area (Å²) in [5.74, 6) is 0.745. The fourth-order valence-corrected chi connectivity index (χ4v) is 3.67. The van der Waals surface area contributed by atoms with E-state index in [4.69, 9.17) is 4.74 Å². The Morgan fingerprint density at radius 2 is 2.04 bits per heavy atom. The lowest BCUT2D eigenvalue weighted by Gasteiger charge is -2.38. The number of fused-ring (bicyclic) bond motifs is 4. The molecule has 1 unspecified atom stereocenters. The van der Waals surface area contributed by atoms with Gasteiger partial charge in [-0.2, -0.15) is 0 Å². The third-order valence-electron chi connectivity index (χ3n) is 4.89. The van der Waals surface area contributed by atoms with Crippen molar-refractivity contribution in [3.63, 3.8) is 0 Å². The van der Waals surface area contributed by atoms with E-state index in [1.54, 1.807) is 12.1 Å². The minimum Gasteiger partial charge on any atom is -0.469 e. The van der Waals surface area contributed by atoms with Gasteiger partial charge in [-0.3, -0.25) is 10.1 Å². The van der Waals surface area contributed by atoms with E-state index in [0.717, 1.165) is 17.0 Å². The Kier molecular flexibility index (Phi) is 2.73. The number of hydrogen-bond acceptors (Lipinski definition) is 4.